The first-order valence-corrected chi connectivity index (χ1v) is 6.76. The van der Waals surface area contributed by atoms with Gasteiger partial charge in [0, 0.05) is 11.3 Å². The number of anilines is 1. The highest BCUT2D eigenvalue weighted by Gasteiger charge is 2.19. The Bertz CT molecular complexity index is 741. The molecule has 0 bridgehead atoms. The normalized spacial score (nSPS) is 10.0. The number of Topliss-reactive ketones (excluding diaryl/α,β-unsaturated/α-hetero) is 2. The molecule has 0 heterocycles. The highest BCUT2D eigenvalue weighted by atomic mass is 19.1. The van der Waals surface area contributed by atoms with Crippen molar-refractivity contribution < 1.29 is 23.5 Å². The van der Waals surface area contributed by atoms with E-state index in [0.29, 0.717) is 5.75 Å². The van der Waals surface area contributed by atoms with Crippen molar-refractivity contribution in [3.8, 4) is 5.75 Å². The van der Waals surface area contributed by atoms with E-state index < -0.39 is 29.7 Å². The SMILES string of the molecule is COc1cccc(C(=O)CC(=O)C(=O)Nc2ccc(F)cc2)c1. The second kappa shape index (κ2) is 7.31. The van der Waals surface area contributed by atoms with E-state index >= 15 is 0 Å². The zero-order chi connectivity index (χ0) is 16.8. The third-order valence-corrected chi connectivity index (χ3v) is 3.07. The minimum atomic E-state index is -0.923. The molecule has 2 rings (SSSR count). The first kappa shape index (κ1) is 16.4. The largest absolute Gasteiger partial charge is 0.497 e. The molecule has 0 saturated carbocycles. The Morgan fingerprint density at radius 1 is 1.09 bits per heavy atom. The number of hydrogen-bond donors (Lipinski definition) is 1. The molecule has 0 aliphatic heterocycles. The van der Waals surface area contributed by atoms with Gasteiger partial charge in [0.1, 0.15) is 11.6 Å². The molecular formula is C17H14FNO4. The van der Waals surface area contributed by atoms with Crippen molar-refractivity contribution in [2.24, 2.45) is 0 Å². The van der Waals surface area contributed by atoms with Crippen molar-refractivity contribution in [3.63, 3.8) is 0 Å². The number of methoxy groups -OCH3 is 1. The van der Waals surface area contributed by atoms with Crippen LogP contribution in [0.15, 0.2) is 48.5 Å². The first-order valence-electron chi connectivity index (χ1n) is 6.76. The average molecular weight is 315 g/mol. The minimum Gasteiger partial charge on any atom is -0.497 e. The van der Waals surface area contributed by atoms with Crippen LogP contribution in [0.1, 0.15) is 16.8 Å². The van der Waals surface area contributed by atoms with Crippen molar-refractivity contribution in [2.75, 3.05) is 12.4 Å². The monoisotopic (exact) mass is 315 g/mol. The Kier molecular flexibility index (Phi) is 5.19. The third kappa shape index (κ3) is 4.47. The fraction of sp³-hybridized carbons (Fsp3) is 0.118. The Labute approximate surface area is 132 Å². The molecule has 0 saturated heterocycles. The Hall–Kier alpha value is -3.02. The second-order valence-electron chi connectivity index (χ2n) is 4.72. The summed E-state index contributed by atoms with van der Waals surface area (Å²) >= 11 is 0. The van der Waals surface area contributed by atoms with Crippen molar-refractivity contribution in [1.29, 1.82) is 0 Å². The molecule has 1 amide bonds. The van der Waals surface area contributed by atoms with Gasteiger partial charge in [0.15, 0.2) is 5.78 Å². The van der Waals surface area contributed by atoms with Crippen LogP contribution in [-0.2, 0) is 9.59 Å². The van der Waals surface area contributed by atoms with Gasteiger partial charge in [-0.25, -0.2) is 4.39 Å². The lowest BCUT2D eigenvalue weighted by atomic mass is 10.1. The number of rotatable bonds is 6. The minimum absolute atomic E-state index is 0.276. The molecule has 0 atom stereocenters. The maximum atomic E-state index is 12.8. The van der Waals surface area contributed by atoms with Crippen LogP contribution in [0.5, 0.6) is 5.75 Å². The molecule has 0 unspecified atom stereocenters. The molecule has 118 valence electrons. The van der Waals surface area contributed by atoms with E-state index in [-0.39, 0.29) is 11.3 Å². The number of benzene rings is 2. The zero-order valence-electron chi connectivity index (χ0n) is 12.3. The van der Waals surface area contributed by atoms with Gasteiger partial charge in [0.05, 0.1) is 13.5 Å². The predicted octanol–water partition coefficient (Wildman–Crippen LogP) is 2.61. The molecule has 2 aromatic rings. The van der Waals surface area contributed by atoms with Gasteiger partial charge in [-0.2, -0.15) is 0 Å². The fourth-order valence-electron chi connectivity index (χ4n) is 1.86. The van der Waals surface area contributed by atoms with E-state index in [0.717, 1.165) is 12.1 Å². The van der Waals surface area contributed by atoms with Gasteiger partial charge in [-0.05, 0) is 36.4 Å². The predicted molar refractivity (Wildman–Crippen MR) is 82.0 cm³/mol. The average Bonchev–Trinajstić information content (AvgIpc) is 2.56. The summed E-state index contributed by atoms with van der Waals surface area (Å²) in [6.07, 6.45) is -0.555. The van der Waals surface area contributed by atoms with Gasteiger partial charge >= 0.3 is 0 Å². The number of amides is 1. The van der Waals surface area contributed by atoms with Gasteiger partial charge in [0.25, 0.3) is 5.91 Å². The van der Waals surface area contributed by atoms with Crippen LogP contribution >= 0.6 is 0 Å². The van der Waals surface area contributed by atoms with Crippen molar-refractivity contribution >= 4 is 23.2 Å². The van der Waals surface area contributed by atoms with Crippen LogP contribution in [0.25, 0.3) is 0 Å². The Balaban J connectivity index is 1.98. The van der Waals surface area contributed by atoms with Gasteiger partial charge in [-0.15, -0.1) is 0 Å². The van der Waals surface area contributed by atoms with Crippen LogP contribution < -0.4 is 10.1 Å². The van der Waals surface area contributed by atoms with Crippen molar-refractivity contribution in [3.05, 3.63) is 59.9 Å². The van der Waals surface area contributed by atoms with E-state index in [1.165, 1.54) is 31.4 Å². The lowest BCUT2D eigenvalue weighted by molar-refractivity contribution is -0.134. The molecule has 5 nitrogen and oxygen atoms in total. The number of hydrogen-bond acceptors (Lipinski definition) is 4. The van der Waals surface area contributed by atoms with E-state index in [1.807, 2.05) is 0 Å². The molecule has 1 N–H and O–H groups in total. The van der Waals surface area contributed by atoms with Gasteiger partial charge in [0.2, 0.25) is 5.78 Å². The summed E-state index contributed by atoms with van der Waals surface area (Å²) in [5, 5.41) is 2.32. The number of carbonyl (C=O) groups is 3. The number of carbonyl (C=O) groups excluding carboxylic acids is 3. The van der Waals surface area contributed by atoms with E-state index in [1.54, 1.807) is 12.1 Å². The van der Waals surface area contributed by atoms with Crippen molar-refractivity contribution in [2.45, 2.75) is 6.42 Å². The maximum Gasteiger partial charge on any atom is 0.292 e. The van der Waals surface area contributed by atoms with Crippen LogP contribution in [0.2, 0.25) is 0 Å². The van der Waals surface area contributed by atoms with E-state index in [4.69, 9.17) is 4.74 Å². The molecule has 0 spiro atoms. The Morgan fingerprint density at radius 3 is 2.43 bits per heavy atom. The molecule has 0 radical (unpaired) electrons. The van der Waals surface area contributed by atoms with Gasteiger partial charge < -0.3 is 10.1 Å². The third-order valence-electron chi connectivity index (χ3n) is 3.07. The number of nitrogens with one attached hydrogen (secondary N) is 1. The number of ketones is 2. The second-order valence-corrected chi connectivity index (χ2v) is 4.72. The summed E-state index contributed by atoms with van der Waals surface area (Å²) in [6.45, 7) is 0. The molecule has 0 aliphatic carbocycles. The summed E-state index contributed by atoms with van der Waals surface area (Å²) in [6, 6.07) is 11.3. The van der Waals surface area contributed by atoms with Crippen molar-refractivity contribution in [1.82, 2.24) is 0 Å². The van der Waals surface area contributed by atoms with Gasteiger partial charge in [-0.1, -0.05) is 12.1 Å². The summed E-state index contributed by atoms with van der Waals surface area (Å²) in [5.41, 5.74) is 0.561. The van der Waals surface area contributed by atoms with Crippen LogP contribution in [0, 0.1) is 5.82 Å². The first-order chi connectivity index (χ1) is 11.0. The quantitative estimate of drug-likeness (QED) is 0.505. The lowest BCUT2D eigenvalue weighted by Gasteiger charge is -2.05. The highest BCUT2D eigenvalue weighted by molar-refractivity contribution is 6.44. The van der Waals surface area contributed by atoms with Crippen LogP contribution in [-0.4, -0.2) is 24.6 Å². The summed E-state index contributed by atoms with van der Waals surface area (Å²) in [5.74, 6) is -2.25. The number of ether oxygens (including phenoxy) is 1. The molecule has 2 aromatic carbocycles. The zero-order valence-corrected chi connectivity index (χ0v) is 12.3. The summed E-state index contributed by atoms with van der Waals surface area (Å²) in [7, 11) is 1.46. The van der Waals surface area contributed by atoms with Gasteiger partial charge in [-0.3, -0.25) is 14.4 Å². The molecule has 6 heteroatoms. The molecule has 0 aromatic heterocycles. The molecular weight excluding hydrogens is 301 g/mol. The number of halogens is 1. The topological polar surface area (TPSA) is 72.5 Å². The Morgan fingerprint density at radius 2 is 1.78 bits per heavy atom. The maximum absolute atomic E-state index is 12.8. The van der Waals surface area contributed by atoms with E-state index in [9.17, 15) is 18.8 Å². The summed E-state index contributed by atoms with van der Waals surface area (Å²) in [4.78, 5) is 35.6. The summed E-state index contributed by atoms with van der Waals surface area (Å²) < 4.78 is 17.8. The molecule has 0 fully saturated rings. The van der Waals surface area contributed by atoms with E-state index in [2.05, 4.69) is 5.32 Å². The fourth-order valence-corrected chi connectivity index (χ4v) is 1.86. The van der Waals surface area contributed by atoms with Crippen LogP contribution in [0.4, 0.5) is 10.1 Å². The van der Waals surface area contributed by atoms with Crippen LogP contribution in [0.3, 0.4) is 0 Å². The smallest absolute Gasteiger partial charge is 0.292 e. The lowest BCUT2D eigenvalue weighted by Crippen LogP contribution is -2.25. The molecule has 0 aliphatic rings. The highest BCUT2D eigenvalue weighted by Crippen LogP contribution is 2.14. The standard InChI is InChI=1S/C17H14FNO4/c1-23-14-4-2-3-11(9-14)15(20)10-16(21)17(22)19-13-7-5-12(18)6-8-13/h2-9H,10H2,1H3,(H,19,22). The molecule has 23 heavy (non-hydrogen) atoms.